The van der Waals surface area contributed by atoms with Gasteiger partial charge in [-0.1, -0.05) is 35.3 Å². The summed E-state index contributed by atoms with van der Waals surface area (Å²) in [6.07, 6.45) is 0. The second kappa shape index (κ2) is 4.85. The minimum absolute atomic E-state index is 0.118. The molecule has 0 saturated carbocycles. The molecule has 5 heteroatoms. The first kappa shape index (κ1) is 13.0. The average Bonchev–Trinajstić information content (AvgIpc) is 2.38. The van der Waals surface area contributed by atoms with E-state index in [2.05, 4.69) is 0 Å². The first-order chi connectivity index (χ1) is 9.58. The highest BCUT2D eigenvalue weighted by atomic mass is 35.5. The van der Waals surface area contributed by atoms with Crippen LogP contribution in [0.5, 0.6) is 5.75 Å². The lowest BCUT2D eigenvalue weighted by atomic mass is 10.1. The molecule has 0 aliphatic carbocycles. The lowest BCUT2D eigenvalue weighted by Crippen LogP contribution is -2.00. The van der Waals surface area contributed by atoms with Crippen molar-refractivity contribution in [1.82, 2.24) is 0 Å². The summed E-state index contributed by atoms with van der Waals surface area (Å²) in [5, 5.41) is 10.6. The summed E-state index contributed by atoms with van der Waals surface area (Å²) in [4.78, 5) is 12.1. The Morgan fingerprint density at radius 3 is 2.35 bits per heavy atom. The Hall–Kier alpha value is -1.97. The number of fused-ring (bicyclic) bond motifs is 1. The van der Waals surface area contributed by atoms with Gasteiger partial charge < -0.3 is 9.52 Å². The van der Waals surface area contributed by atoms with Crippen molar-refractivity contribution in [3.8, 4) is 17.1 Å². The maximum absolute atomic E-state index is 12.1. The van der Waals surface area contributed by atoms with Gasteiger partial charge in [0.25, 0.3) is 0 Å². The van der Waals surface area contributed by atoms with E-state index in [1.807, 2.05) is 0 Å². The first-order valence-corrected chi connectivity index (χ1v) is 6.54. The molecule has 0 aliphatic heterocycles. The molecule has 1 heterocycles. The van der Waals surface area contributed by atoms with E-state index in [1.165, 1.54) is 12.1 Å². The highest BCUT2D eigenvalue weighted by Gasteiger charge is 2.14. The van der Waals surface area contributed by atoms with Crippen molar-refractivity contribution in [2.75, 3.05) is 0 Å². The molecule has 0 bridgehead atoms. The molecule has 20 heavy (non-hydrogen) atoms. The quantitative estimate of drug-likeness (QED) is 0.721. The van der Waals surface area contributed by atoms with E-state index in [1.54, 1.807) is 30.3 Å². The van der Waals surface area contributed by atoms with Crippen LogP contribution in [-0.4, -0.2) is 5.11 Å². The molecule has 0 saturated heterocycles. The van der Waals surface area contributed by atoms with Crippen LogP contribution in [0.1, 0.15) is 0 Å². The number of benzene rings is 2. The van der Waals surface area contributed by atoms with Gasteiger partial charge in [-0.05, 0) is 24.3 Å². The number of hydrogen-bond donors (Lipinski definition) is 1. The molecule has 3 nitrogen and oxygen atoms in total. The fraction of sp³-hybridized carbons (Fsp3) is 0. The Balaban J connectivity index is 2.37. The molecule has 100 valence electrons. The Kier molecular flexibility index (Phi) is 3.16. The second-order valence-electron chi connectivity index (χ2n) is 4.22. The zero-order valence-corrected chi connectivity index (χ0v) is 11.6. The van der Waals surface area contributed by atoms with Gasteiger partial charge in [0.15, 0.2) is 5.43 Å². The Bertz CT molecular complexity index is 848. The van der Waals surface area contributed by atoms with Crippen LogP contribution in [-0.2, 0) is 0 Å². The van der Waals surface area contributed by atoms with E-state index in [0.717, 1.165) is 0 Å². The van der Waals surface area contributed by atoms with Crippen molar-refractivity contribution >= 4 is 34.2 Å². The maximum atomic E-state index is 12.1. The summed E-state index contributed by atoms with van der Waals surface area (Å²) in [6.45, 7) is 0. The van der Waals surface area contributed by atoms with Gasteiger partial charge in [0.2, 0.25) is 0 Å². The monoisotopic (exact) mass is 306 g/mol. The van der Waals surface area contributed by atoms with Crippen molar-refractivity contribution in [3.05, 3.63) is 62.7 Å². The molecule has 0 aliphatic rings. The van der Waals surface area contributed by atoms with E-state index in [-0.39, 0.29) is 27.9 Å². The van der Waals surface area contributed by atoms with Gasteiger partial charge in [0.1, 0.15) is 22.5 Å². The SMILES string of the molecule is O=c1cc(-c2c(Cl)cccc2Cl)oc2cccc(O)c12. The lowest BCUT2D eigenvalue weighted by molar-refractivity contribution is 0.479. The number of phenolic OH excluding ortho intramolecular Hbond substituents is 1. The summed E-state index contributed by atoms with van der Waals surface area (Å²) in [6, 6.07) is 10.9. The largest absolute Gasteiger partial charge is 0.507 e. The topological polar surface area (TPSA) is 50.4 Å². The predicted molar refractivity (Wildman–Crippen MR) is 79.6 cm³/mol. The lowest BCUT2D eigenvalue weighted by Gasteiger charge is -2.07. The van der Waals surface area contributed by atoms with Crippen LogP contribution in [0.2, 0.25) is 10.0 Å². The second-order valence-corrected chi connectivity index (χ2v) is 5.04. The standard InChI is InChI=1S/C15H8Cl2O3/c16-8-3-1-4-9(17)14(8)13-7-11(19)15-10(18)5-2-6-12(15)20-13/h1-7,18H. The molecular weight excluding hydrogens is 299 g/mol. The molecule has 0 fully saturated rings. The molecule has 2 aromatic carbocycles. The zero-order valence-electron chi connectivity index (χ0n) is 10.1. The Morgan fingerprint density at radius 1 is 1.00 bits per heavy atom. The molecule has 0 radical (unpaired) electrons. The summed E-state index contributed by atoms with van der Waals surface area (Å²) < 4.78 is 5.64. The van der Waals surface area contributed by atoms with Crippen LogP contribution in [0.3, 0.4) is 0 Å². The van der Waals surface area contributed by atoms with E-state index in [0.29, 0.717) is 15.6 Å². The molecular formula is C15H8Cl2O3. The Morgan fingerprint density at radius 2 is 1.65 bits per heavy atom. The average molecular weight is 307 g/mol. The molecule has 1 aromatic heterocycles. The van der Waals surface area contributed by atoms with Crippen molar-refractivity contribution in [2.45, 2.75) is 0 Å². The van der Waals surface area contributed by atoms with Crippen molar-refractivity contribution in [2.24, 2.45) is 0 Å². The Labute approximate surface area is 124 Å². The van der Waals surface area contributed by atoms with Crippen LogP contribution in [0.25, 0.3) is 22.3 Å². The zero-order chi connectivity index (χ0) is 14.3. The summed E-state index contributed by atoms with van der Waals surface area (Å²) >= 11 is 12.2. The molecule has 0 amide bonds. The molecule has 0 unspecified atom stereocenters. The molecule has 1 N–H and O–H groups in total. The van der Waals surface area contributed by atoms with E-state index in [4.69, 9.17) is 27.6 Å². The minimum Gasteiger partial charge on any atom is -0.507 e. The summed E-state index contributed by atoms with van der Waals surface area (Å²) in [5.41, 5.74) is 0.386. The molecule has 3 rings (SSSR count). The van der Waals surface area contributed by atoms with E-state index in [9.17, 15) is 9.90 Å². The third kappa shape index (κ3) is 2.05. The third-order valence-corrected chi connectivity index (χ3v) is 3.57. The normalized spacial score (nSPS) is 10.9. The van der Waals surface area contributed by atoms with Crippen LogP contribution in [0.15, 0.2) is 51.7 Å². The van der Waals surface area contributed by atoms with E-state index >= 15 is 0 Å². The molecule has 0 atom stereocenters. The van der Waals surface area contributed by atoms with Crippen LogP contribution >= 0.6 is 23.2 Å². The highest BCUT2D eigenvalue weighted by molar-refractivity contribution is 6.39. The van der Waals surface area contributed by atoms with Gasteiger partial charge in [0.05, 0.1) is 15.6 Å². The summed E-state index contributed by atoms with van der Waals surface area (Å²) in [5.74, 6) is 0.150. The number of aromatic hydroxyl groups is 1. The van der Waals surface area contributed by atoms with Crippen molar-refractivity contribution in [3.63, 3.8) is 0 Å². The third-order valence-electron chi connectivity index (χ3n) is 2.94. The first-order valence-electron chi connectivity index (χ1n) is 5.78. The fourth-order valence-corrected chi connectivity index (χ4v) is 2.63. The molecule has 0 spiro atoms. The van der Waals surface area contributed by atoms with Crippen molar-refractivity contribution in [1.29, 1.82) is 0 Å². The van der Waals surface area contributed by atoms with Gasteiger partial charge in [0, 0.05) is 6.07 Å². The van der Waals surface area contributed by atoms with Crippen molar-refractivity contribution < 1.29 is 9.52 Å². The maximum Gasteiger partial charge on any atom is 0.197 e. The fourth-order valence-electron chi connectivity index (χ4n) is 2.05. The number of hydrogen-bond acceptors (Lipinski definition) is 3. The highest BCUT2D eigenvalue weighted by Crippen LogP contribution is 2.35. The van der Waals surface area contributed by atoms with Crippen LogP contribution in [0.4, 0.5) is 0 Å². The number of phenols is 1. The van der Waals surface area contributed by atoms with Gasteiger partial charge in [-0.25, -0.2) is 0 Å². The van der Waals surface area contributed by atoms with Crippen LogP contribution in [0, 0.1) is 0 Å². The van der Waals surface area contributed by atoms with Gasteiger partial charge in [-0.2, -0.15) is 0 Å². The van der Waals surface area contributed by atoms with Gasteiger partial charge in [-0.3, -0.25) is 4.79 Å². The van der Waals surface area contributed by atoms with Gasteiger partial charge >= 0.3 is 0 Å². The number of halogens is 2. The number of rotatable bonds is 1. The predicted octanol–water partition coefficient (Wildman–Crippen LogP) is 4.47. The summed E-state index contributed by atoms with van der Waals surface area (Å²) in [7, 11) is 0. The van der Waals surface area contributed by atoms with Gasteiger partial charge in [-0.15, -0.1) is 0 Å². The molecule has 3 aromatic rings. The van der Waals surface area contributed by atoms with E-state index < -0.39 is 0 Å². The van der Waals surface area contributed by atoms with Crippen LogP contribution < -0.4 is 5.43 Å². The smallest absolute Gasteiger partial charge is 0.197 e. The minimum atomic E-state index is -0.352.